The molecule has 0 aliphatic heterocycles. The Morgan fingerprint density at radius 2 is 1.94 bits per heavy atom. The maximum atomic E-state index is 13.8. The predicted octanol–water partition coefficient (Wildman–Crippen LogP) is 1.99. The summed E-state index contributed by atoms with van der Waals surface area (Å²) in [7, 11) is 0. The van der Waals surface area contributed by atoms with Crippen molar-refractivity contribution in [1.82, 2.24) is 14.6 Å². The van der Waals surface area contributed by atoms with Crippen molar-refractivity contribution in [3.8, 4) is 11.4 Å². The molecule has 0 aliphatic rings. The van der Waals surface area contributed by atoms with E-state index >= 15 is 0 Å². The smallest absolute Gasteiger partial charge is 0.171 e. The Labute approximate surface area is 103 Å². The average molecular weight is 242 g/mol. The number of pyridine rings is 1. The molecule has 3 rings (SSSR count). The molecule has 0 unspecified atom stereocenters. The fraction of sp³-hybridized carbons (Fsp3) is 0.0769. The lowest BCUT2D eigenvalue weighted by Gasteiger charge is -2.03. The van der Waals surface area contributed by atoms with Crippen LogP contribution in [-0.2, 0) is 6.54 Å². The van der Waals surface area contributed by atoms with Crippen LogP contribution in [0.3, 0.4) is 0 Å². The van der Waals surface area contributed by atoms with Gasteiger partial charge in [0.15, 0.2) is 11.5 Å². The van der Waals surface area contributed by atoms with Gasteiger partial charge in [0.2, 0.25) is 0 Å². The van der Waals surface area contributed by atoms with Crippen molar-refractivity contribution >= 4 is 5.65 Å². The van der Waals surface area contributed by atoms with Crippen LogP contribution in [0, 0.1) is 5.82 Å². The molecule has 0 radical (unpaired) electrons. The molecule has 0 amide bonds. The molecule has 0 atom stereocenters. The van der Waals surface area contributed by atoms with Crippen LogP contribution in [0.1, 0.15) is 5.56 Å². The number of rotatable bonds is 2. The molecule has 5 heteroatoms. The van der Waals surface area contributed by atoms with Crippen molar-refractivity contribution in [3.63, 3.8) is 0 Å². The molecule has 0 saturated carbocycles. The molecule has 0 fully saturated rings. The molecular weight excluding hydrogens is 231 g/mol. The van der Waals surface area contributed by atoms with Crippen LogP contribution in [0.4, 0.5) is 4.39 Å². The van der Waals surface area contributed by atoms with Gasteiger partial charge >= 0.3 is 0 Å². The summed E-state index contributed by atoms with van der Waals surface area (Å²) >= 11 is 0. The Balaban J connectivity index is 2.29. The molecule has 18 heavy (non-hydrogen) atoms. The Hall–Kier alpha value is -2.27. The molecule has 3 aromatic rings. The minimum absolute atomic E-state index is 0.315. The molecule has 0 saturated heterocycles. The van der Waals surface area contributed by atoms with Gasteiger partial charge in [-0.25, -0.2) is 4.39 Å². The van der Waals surface area contributed by atoms with E-state index in [1.54, 1.807) is 28.8 Å². The second-order valence-electron chi connectivity index (χ2n) is 3.93. The van der Waals surface area contributed by atoms with Gasteiger partial charge < -0.3 is 5.73 Å². The van der Waals surface area contributed by atoms with Gasteiger partial charge in [-0.2, -0.15) is 0 Å². The van der Waals surface area contributed by atoms with Crippen LogP contribution in [-0.4, -0.2) is 14.6 Å². The molecule has 2 aromatic heterocycles. The molecule has 0 aliphatic carbocycles. The van der Waals surface area contributed by atoms with Crippen molar-refractivity contribution in [2.45, 2.75) is 6.54 Å². The first kappa shape index (κ1) is 10.9. The normalized spacial score (nSPS) is 11.0. The van der Waals surface area contributed by atoms with Gasteiger partial charge in [-0.15, -0.1) is 10.2 Å². The quantitative estimate of drug-likeness (QED) is 0.747. The number of halogens is 1. The van der Waals surface area contributed by atoms with E-state index in [4.69, 9.17) is 5.73 Å². The number of hydrogen-bond acceptors (Lipinski definition) is 3. The largest absolute Gasteiger partial charge is 0.326 e. The Morgan fingerprint density at radius 1 is 1.11 bits per heavy atom. The average Bonchev–Trinajstić information content (AvgIpc) is 2.83. The molecule has 0 bridgehead atoms. The maximum Gasteiger partial charge on any atom is 0.171 e. The molecule has 90 valence electrons. The van der Waals surface area contributed by atoms with Gasteiger partial charge in [0.1, 0.15) is 5.82 Å². The van der Waals surface area contributed by atoms with Crippen LogP contribution < -0.4 is 5.73 Å². The third-order valence-electron chi connectivity index (χ3n) is 2.85. The first-order valence-electron chi connectivity index (χ1n) is 5.59. The second-order valence-corrected chi connectivity index (χ2v) is 3.93. The van der Waals surface area contributed by atoms with E-state index in [9.17, 15) is 4.39 Å². The zero-order valence-electron chi connectivity index (χ0n) is 9.55. The Morgan fingerprint density at radius 3 is 2.72 bits per heavy atom. The van der Waals surface area contributed by atoms with Crippen molar-refractivity contribution in [3.05, 3.63) is 54.0 Å². The molecule has 4 nitrogen and oxygen atoms in total. The number of fused-ring (bicyclic) bond motifs is 1. The summed E-state index contributed by atoms with van der Waals surface area (Å²) in [4.78, 5) is 0. The summed E-state index contributed by atoms with van der Waals surface area (Å²) in [5, 5.41) is 8.13. The second kappa shape index (κ2) is 4.19. The number of aromatic nitrogens is 3. The molecule has 2 N–H and O–H groups in total. The molecule has 1 aromatic carbocycles. The fourth-order valence-electron chi connectivity index (χ4n) is 1.96. The third-order valence-corrected chi connectivity index (χ3v) is 2.85. The highest BCUT2D eigenvalue weighted by molar-refractivity contribution is 5.61. The highest BCUT2D eigenvalue weighted by Gasteiger charge is 2.13. The summed E-state index contributed by atoms with van der Waals surface area (Å²) in [5.74, 6) is 0.170. The molecular formula is C13H11FN4. The zero-order valence-corrected chi connectivity index (χ0v) is 9.55. The van der Waals surface area contributed by atoms with E-state index in [0.29, 0.717) is 23.6 Å². The van der Waals surface area contributed by atoms with Crippen LogP contribution in [0.2, 0.25) is 0 Å². The van der Waals surface area contributed by atoms with E-state index in [-0.39, 0.29) is 5.82 Å². The van der Waals surface area contributed by atoms with Crippen molar-refractivity contribution < 1.29 is 4.39 Å². The van der Waals surface area contributed by atoms with Gasteiger partial charge in [-0.3, -0.25) is 4.40 Å². The summed E-state index contributed by atoms with van der Waals surface area (Å²) in [6, 6.07) is 10.2. The highest BCUT2D eigenvalue weighted by Crippen LogP contribution is 2.22. The fourth-order valence-corrected chi connectivity index (χ4v) is 1.96. The third kappa shape index (κ3) is 1.56. The summed E-state index contributed by atoms with van der Waals surface area (Å²) in [5.41, 5.74) is 7.62. The number of nitrogens with zero attached hydrogens (tertiary/aromatic N) is 3. The first-order chi connectivity index (χ1) is 8.81. The lowest BCUT2D eigenvalue weighted by Crippen LogP contribution is -2.00. The summed E-state index contributed by atoms with van der Waals surface area (Å²) < 4.78 is 15.5. The Bertz CT molecular complexity index is 705. The van der Waals surface area contributed by atoms with Crippen LogP contribution in [0.5, 0.6) is 0 Å². The Kier molecular flexibility index (Phi) is 2.53. The van der Waals surface area contributed by atoms with Gasteiger partial charge in [-0.05, 0) is 18.2 Å². The standard InChI is InChI=1S/C13H11FN4/c14-11-6-2-1-5-10(11)13-17-16-12-9(8-15)4-3-7-18(12)13/h1-7H,8,15H2. The van der Waals surface area contributed by atoms with Gasteiger partial charge in [0.25, 0.3) is 0 Å². The van der Waals surface area contributed by atoms with Crippen molar-refractivity contribution in [2.75, 3.05) is 0 Å². The van der Waals surface area contributed by atoms with E-state index in [1.165, 1.54) is 6.07 Å². The number of hydrogen-bond donors (Lipinski definition) is 1. The van der Waals surface area contributed by atoms with Crippen LogP contribution >= 0.6 is 0 Å². The van der Waals surface area contributed by atoms with Crippen molar-refractivity contribution in [1.29, 1.82) is 0 Å². The van der Waals surface area contributed by atoms with Gasteiger partial charge in [-0.1, -0.05) is 18.2 Å². The predicted molar refractivity (Wildman–Crippen MR) is 66.3 cm³/mol. The van der Waals surface area contributed by atoms with Crippen LogP contribution in [0.25, 0.3) is 17.0 Å². The highest BCUT2D eigenvalue weighted by atomic mass is 19.1. The SMILES string of the molecule is NCc1cccn2c(-c3ccccc3F)nnc12. The van der Waals surface area contributed by atoms with E-state index in [1.807, 2.05) is 12.1 Å². The van der Waals surface area contributed by atoms with Crippen LogP contribution in [0.15, 0.2) is 42.6 Å². The number of nitrogens with two attached hydrogens (primary N) is 1. The lowest BCUT2D eigenvalue weighted by molar-refractivity contribution is 0.629. The van der Waals surface area contributed by atoms with Crippen molar-refractivity contribution in [2.24, 2.45) is 5.73 Å². The zero-order chi connectivity index (χ0) is 12.5. The summed E-state index contributed by atoms with van der Waals surface area (Å²) in [6.45, 7) is 0.375. The minimum Gasteiger partial charge on any atom is -0.326 e. The monoisotopic (exact) mass is 242 g/mol. The van der Waals surface area contributed by atoms with E-state index < -0.39 is 0 Å². The maximum absolute atomic E-state index is 13.8. The molecule has 0 spiro atoms. The molecule has 2 heterocycles. The lowest BCUT2D eigenvalue weighted by atomic mass is 10.2. The number of benzene rings is 1. The minimum atomic E-state index is -0.315. The van der Waals surface area contributed by atoms with E-state index in [2.05, 4.69) is 10.2 Å². The van der Waals surface area contributed by atoms with E-state index in [0.717, 1.165) is 5.56 Å². The first-order valence-corrected chi connectivity index (χ1v) is 5.59. The topological polar surface area (TPSA) is 56.2 Å². The van der Waals surface area contributed by atoms with Gasteiger partial charge in [0.05, 0.1) is 5.56 Å². The summed E-state index contributed by atoms with van der Waals surface area (Å²) in [6.07, 6.45) is 1.80. The van der Waals surface area contributed by atoms with Gasteiger partial charge in [0, 0.05) is 18.3 Å².